The van der Waals surface area contributed by atoms with Gasteiger partial charge in [0.15, 0.2) is 6.61 Å². The van der Waals surface area contributed by atoms with Crippen molar-refractivity contribution in [2.24, 2.45) is 29.6 Å². The van der Waals surface area contributed by atoms with Crippen molar-refractivity contribution in [1.82, 2.24) is 4.98 Å². The summed E-state index contributed by atoms with van der Waals surface area (Å²) < 4.78 is 6.95. The lowest BCUT2D eigenvalue weighted by atomic mass is 9.68. The number of aromatic nitrogens is 1. The zero-order valence-electron chi connectivity index (χ0n) is 24.3. The zero-order valence-corrected chi connectivity index (χ0v) is 27.5. The van der Waals surface area contributed by atoms with Crippen molar-refractivity contribution in [3.8, 4) is 5.75 Å². The molecule has 3 amide bonds. The van der Waals surface area contributed by atoms with Crippen molar-refractivity contribution in [1.29, 1.82) is 0 Å². The largest absolute Gasteiger partial charge is 0.483 e. The predicted octanol–water partition coefficient (Wildman–Crippen LogP) is 5.80. The van der Waals surface area contributed by atoms with Gasteiger partial charge in [0, 0.05) is 43.9 Å². The van der Waals surface area contributed by atoms with E-state index in [1.54, 1.807) is 30.0 Å². The van der Waals surface area contributed by atoms with Gasteiger partial charge < -0.3 is 15.0 Å². The lowest BCUT2D eigenvalue weighted by Gasteiger charge is -2.43. The first-order chi connectivity index (χ1) is 22.7. The van der Waals surface area contributed by atoms with E-state index in [0.29, 0.717) is 23.5 Å². The fraction of sp³-hybridized carbons (Fsp3) is 0.273. The molecule has 3 heterocycles. The molecule has 4 aromatic rings. The lowest BCUT2D eigenvalue weighted by Crippen LogP contribution is -2.42. The maximum atomic E-state index is 14.1. The number of para-hydroxylation sites is 1. The quantitative estimate of drug-likeness (QED) is 0.137. The fourth-order valence-electron chi connectivity index (χ4n) is 8.10. The van der Waals surface area contributed by atoms with Crippen LogP contribution >= 0.6 is 39.0 Å². The van der Waals surface area contributed by atoms with Gasteiger partial charge in [-0.1, -0.05) is 45.5 Å². The Morgan fingerprint density at radius 1 is 1.02 bits per heavy atom. The van der Waals surface area contributed by atoms with E-state index in [0.717, 1.165) is 31.3 Å². The van der Waals surface area contributed by atoms with Gasteiger partial charge in [-0.15, -0.1) is 11.8 Å². The number of non-ortho nitro benzene ring substituents is 1. The third kappa shape index (κ3) is 4.92. The van der Waals surface area contributed by atoms with E-state index in [1.807, 2.05) is 30.3 Å². The first kappa shape index (κ1) is 30.1. The van der Waals surface area contributed by atoms with Crippen LogP contribution < -0.4 is 19.8 Å². The minimum absolute atomic E-state index is 0.0502. The molecule has 2 N–H and O–H groups in total. The summed E-state index contributed by atoms with van der Waals surface area (Å²) in [4.78, 5) is 69.1. The number of fused-ring (bicyclic) bond motifs is 9. The lowest BCUT2D eigenvalue weighted by molar-refractivity contribution is -0.384. The summed E-state index contributed by atoms with van der Waals surface area (Å²) in [5.74, 6) is -2.11. The van der Waals surface area contributed by atoms with Crippen LogP contribution in [0.5, 0.6) is 5.75 Å². The van der Waals surface area contributed by atoms with E-state index in [1.165, 1.54) is 29.2 Å². The van der Waals surface area contributed by atoms with Gasteiger partial charge in [-0.25, -0.2) is 0 Å². The number of rotatable bonds is 7. The molecule has 1 aromatic heterocycles. The molecule has 1 saturated heterocycles. The summed E-state index contributed by atoms with van der Waals surface area (Å²) in [6, 6.07) is 20.2. The second-order valence-corrected chi connectivity index (χ2v) is 15.2. The number of nitrogens with zero attached hydrogens (tertiary/aromatic N) is 2. The zero-order chi connectivity index (χ0) is 32.6. The second-order valence-electron chi connectivity index (χ2n) is 12.1. The number of benzene rings is 3. The number of halogens is 1. The Hall–Kier alpha value is -4.27. The Bertz CT molecular complexity index is 2020. The highest BCUT2D eigenvalue weighted by molar-refractivity contribution is 9.10. The number of thioether (sulfide) groups is 1. The molecule has 2 aliphatic heterocycles. The molecule has 7 atom stereocenters. The number of hydrogen-bond donors (Lipinski definition) is 2. The van der Waals surface area contributed by atoms with E-state index in [4.69, 9.17) is 4.74 Å². The Morgan fingerprint density at radius 2 is 1.74 bits per heavy atom. The van der Waals surface area contributed by atoms with Gasteiger partial charge in [-0.2, -0.15) is 0 Å². The van der Waals surface area contributed by atoms with Gasteiger partial charge in [-0.05, 0) is 66.6 Å². The highest BCUT2D eigenvalue weighted by atomic mass is 79.9. The number of carbonyl (C=O) groups is 3. The maximum Gasteiger partial charge on any atom is 0.305 e. The smallest absolute Gasteiger partial charge is 0.305 e. The topological polar surface area (TPSA) is 152 Å². The number of thiazole rings is 1. The molecule has 11 nitrogen and oxygen atoms in total. The molecule has 14 heteroatoms. The van der Waals surface area contributed by atoms with Crippen molar-refractivity contribution in [2.75, 3.05) is 16.8 Å². The number of anilines is 2. The SMILES string of the molecule is O=C(COc1ccc(Br)cc1[C@H]1c2sc(=O)[nH]c2SC2C3CC(C4C(=O)N(c5ccc([N+](=O)[O-])cc5)C(=O)C34)C21)Nc1ccccc1. The highest BCUT2D eigenvalue weighted by Gasteiger charge is 2.70. The monoisotopic (exact) mass is 732 g/mol. The van der Waals surface area contributed by atoms with Crippen LogP contribution in [0.2, 0.25) is 0 Å². The third-order valence-corrected chi connectivity index (χ3v) is 12.8. The molecular weight excluding hydrogens is 708 g/mol. The molecule has 238 valence electrons. The first-order valence-electron chi connectivity index (χ1n) is 15.0. The summed E-state index contributed by atoms with van der Waals surface area (Å²) in [6.45, 7) is -0.233. The van der Waals surface area contributed by atoms with Crippen LogP contribution in [0.15, 0.2) is 87.1 Å². The first-order valence-corrected chi connectivity index (χ1v) is 17.5. The van der Waals surface area contributed by atoms with E-state index < -0.39 is 16.8 Å². The third-order valence-electron chi connectivity index (χ3n) is 9.77. The molecule has 6 unspecified atom stereocenters. The van der Waals surface area contributed by atoms with Crippen molar-refractivity contribution in [3.05, 3.63) is 107 Å². The molecule has 47 heavy (non-hydrogen) atoms. The number of aromatic amines is 1. The minimum Gasteiger partial charge on any atom is -0.483 e. The van der Waals surface area contributed by atoms with E-state index in [2.05, 4.69) is 26.2 Å². The van der Waals surface area contributed by atoms with Crippen molar-refractivity contribution < 1.29 is 24.0 Å². The van der Waals surface area contributed by atoms with Gasteiger partial charge in [0.1, 0.15) is 5.75 Å². The Kier molecular flexibility index (Phi) is 7.33. The molecule has 3 aromatic carbocycles. The fourth-order valence-corrected chi connectivity index (χ4v) is 11.4. The van der Waals surface area contributed by atoms with Gasteiger partial charge in [0.25, 0.3) is 11.6 Å². The summed E-state index contributed by atoms with van der Waals surface area (Å²) in [6.07, 6.45) is 0.697. The molecular formula is C33H25BrN4O7S2. The number of nitro groups is 1. The minimum atomic E-state index is -0.544. The maximum absolute atomic E-state index is 14.1. The summed E-state index contributed by atoms with van der Waals surface area (Å²) >= 11 is 6.32. The standard InChI is InChI=1S/C33H25BrN4O7S2/c34-15-6-11-22(45-14-23(39)35-16-4-2-1-3-5-16)19(12-15)24-25-20-13-21(28(25)46-30-29(24)47-33(42)36-30)27-26(20)31(40)37(32(27)41)17-7-9-18(10-8-17)38(43)44/h1-12,20-21,24-28H,13-14H2,(H,35,39)(H,36,42)/t20?,21?,24-,25?,26?,27?,28?/m1/s1. The Balaban J connectivity index is 1.14. The molecule has 0 spiro atoms. The number of ether oxygens (including phenoxy) is 1. The van der Waals surface area contributed by atoms with Crippen LogP contribution in [0.4, 0.5) is 17.1 Å². The molecule has 2 saturated carbocycles. The highest BCUT2D eigenvalue weighted by Crippen LogP contribution is 2.69. The number of nitrogens with one attached hydrogen (secondary N) is 2. The normalized spacial score (nSPS) is 26.9. The summed E-state index contributed by atoms with van der Waals surface area (Å²) in [5.41, 5.74) is 1.66. The van der Waals surface area contributed by atoms with E-state index >= 15 is 0 Å². The molecule has 3 fully saturated rings. The molecule has 2 bridgehead atoms. The van der Waals surface area contributed by atoms with Crippen molar-refractivity contribution >= 4 is 73.8 Å². The van der Waals surface area contributed by atoms with Crippen molar-refractivity contribution in [2.45, 2.75) is 22.6 Å². The number of amides is 3. The second kappa shape index (κ2) is 11.5. The number of nitro benzene ring substituents is 1. The number of imide groups is 1. The van der Waals surface area contributed by atoms with Crippen LogP contribution in [0, 0.1) is 39.7 Å². The van der Waals surface area contributed by atoms with Crippen LogP contribution in [-0.2, 0) is 14.4 Å². The molecule has 4 aliphatic rings. The van der Waals surface area contributed by atoms with Crippen LogP contribution in [0.25, 0.3) is 0 Å². The van der Waals surface area contributed by atoms with Gasteiger partial charge in [0.05, 0.1) is 27.5 Å². The van der Waals surface area contributed by atoms with Crippen molar-refractivity contribution in [3.63, 3.8) is 0 Å². The molecule has 0 radical (unpaired) electrons. The van der Waals surface area contributed by atoms with Crippen LogP contribution in [-0.4, -0.2) is 39.5 Å². The van der Waals surface area contributed by atoms with Gasteiger partial charge >= 0.3 is 4.87 Å². The Morgan fingerprint density at radius 3 is 2.47 bits per heavy atom. The summed E-state index contributed by atoms with van der Waals surface area (Å²) in [5, 5.41) is 14.7. The average molecular weight is 734 g/mol. The predicted molar refractivity (Wildman–Crippen MR) is 179 cm³/mol. The Labute approximate surface area is 284 Å². The number of carbonyl (C=O) groups excluding carboxylic acids is 3. The molecule has 2 aliphatic carbocycles. The number of hydrogen-bond acceptors (Lipinski definition) is 9. The van der Waals surface area contributed by atoms with Gasteiger partial charge in [-0.3, -0.25) is 34.2 Å². The number of H-pyrrole nitrogens is 1. The van der Waals surface area contributed by atoms with E-state index in [9.17, 15) is 29.3 Å². The molecule has 8 rings (SSSR count). The van der Waals surface area contributed by atoms with Crippen LogP contribution in [0.3, 0.4) is 0 Å². The van der Waals surface area contributed by atoms with Gasteiger partial charge in [0.2, 0.25) is 11.8 Å². The van der Waals surface area contributed by atoms with E-state index in [-0.39, 0.29) is 63.8 Å². The summed E-state index contributed by atoms with van der Waals surface area (Å²) in [7, 11) is 0. The average Bonchev–Trinajstić information content (AvgIpc) is 3.79. The van der Waals surface area contributed by atoms with Crippen LogP contribution in [0.1, 0.15) is 22.8 Å².